The van der Waals surface area contributed by atoms with Crippen LogP contribution < -0.4 is 5.56 Å². The molecule has 1 aliphatic carbocycles. The number of aryl methyl sites for hydroxylation is 3. The van der Waals surface area contributed by atoms with Gasteiger partial charge in [0.05, 0.1) is 5.69 Å². The standard InChI is InChI=1S/C10H14N2O/c1-2-6-12-10(13)7-8-4-3-5-9(8)11-12/h7H,2-6H2,1H3. The number of rotatable bonds is 2. The smallest absolute Gasteiger partial charge is 0.267 e. The van der Waals surface area contributed by atoms with Crippen molar-refractivity contribution >= 4 is 0 Å². The van der Waals surface area contributed by atoms with Crippen LogP contribution in [0.15, 0.2) is 10.9 Å². The van der Waals surface area contributed by atoms with E-state index in [1.807, 2.05) is 0 Å². The summed E-state index contributed by atoms with van der Waals surface area (Å²) in [6, 6.07) is 1.75. The summed E-state index contributed by atoms with van der Waals surface area (Å²) in [7, 11) is 0. The number of nitrogens with zero attached hydrogens (tertiary/aromatic N) is 2. The molecule has 70 valence electrons. The molecule has 0 fully saturated rings. The predicted molar refractivity (Wildman–Crippen MR) is 50.8 cm³/mol. The van der Waals surface area contributed by atoms with Gasteiger partial charge < -0.3 is 0 Å². The van der Waals surface area contributed by atoms with Crippen LogP contribution in [0.4, 0.5) is 0 Å². The molecule has 0 bridgehead atoms. The summed E-state index contributed by atoms with van der Waals surface area (Å²) in [6.45, 7) is 2.80. The summed E-state index contributed by atoms with van der Waals surface area (Å²) in [5.74, 6) is 0. The molecule has 13 heavy (non-hydrogen) atoms. The quantitative estimate of drug-likeness (QED) is 0.680. The lowest BCUT2D eigenvalue weighted by atomic mass is 10.2. The van der Waals surface area contributed by atoms with Crippen LogP contribution in [0, 0.1) is 0 Å². The Morgan fingerprint density at radius 2 is 2.38 bits per heavy atom. The molecule has 0 spiro atoms. The Morgan fingerprint density at radius 1 is 1.54 bits per heavy atom. The van der Waals surface area contributed by atoms with Crippen molar-refractivity contribution in [2.75, 3.05) is 0 Å². The fourth-order valence-corrected chi connectivity index (χ4v) is 1.81. The van der Waals surface area contributed by atoms with E-state index in [0.29, 0.717) is 0 Å². The van der Waals surface area contributed by atoms with Crippen molar-refractivity contribution in [2.24, 2.45) is 0 Å². The monoisotopic (exact) mass is 178 g/mol. The second kappa shape index (κ2) is 3.32. The van der Waals surface area contributed by atoms with Gasteiger partial charge in [-0.3, -0.25) is 4.79 Å². The lowest BCUT2D eigenvalue weighted by molar-refractivity contribution is 0.557. The number of hydrogen-bond acceptors (Lipinski definition) is 2. The van der Waals surface area contributed by atoms with E-state index in [1.54, 1.807) is 10.7 Å². The van der Waals surface area contributed by atoms with E-state index in [9.17, 15) is 4.79 Å². The Morgan fingerprint density at radius 3 is 3.15 bits per heavy atom. The van der Waals surface area contributed by atoms with Crippen LogP contribution in [0.25, 0.3) is 0 Å². The summed E-state index contributed by atoms with van der Waals surface area (Å²) in [4.78, 5) is 11.5. The molecular formula is C10H14N2O. The molecule has 1 aromatic rings. The van der Waals surface area contributed by atoms with Crippen LogP contribution in [-0.2, 0) is 19.4 Å². The van der Waals surface area contributed by atoms with Crippen molar-refractivity contribution in [3.8, 4) is 0 Å². The third-order valence-corrected chi connectivity index (χ3v) is 2.46. The first-order valence-electron chi connectivity index (χ1n) is 4.91. The molecule has 2 rings (SSSR count). The first-order chi connectivity index (χ1) is 6.31. The zero-order valence-electron chi connectivity index (χ0n) is 7.92. The molecule has 1 heterocycles. The Hall–Kier alpha value is -1.12. The largest absolute Gasteiger partial charge is 0.268 e. The Labute approximate surface area is 77.4 Å². The van der Waals surface area contributed by atoms with Crippen molar-refractivity contribution in [3.05, 3.63) is 27.7 Å². The molecule has 0 aliphatic heterocycles. The first kappa shape index (κ1) is 8.48. The molecule has 0 saturated heterocycles. The van der Waals surface area contributed by atoms with E-state index >= 15 is 0 Å². The van der Waals surface area contributed by atoms with E-state index < -0.39 is 0 Å². The van der Waals surface area contributed by atoms with Crippen molar-refractivity contribution in [1.29, 1.82) is 0 Å². The lowest BCUT2D eigenvalue weighted by Gasteiger charge is -2.04. The van der Waals surface area contributed by atoms with E-state index in [4.69, 9.17) is 0 Å². The summed E-state index contributed by atoms with van der Waals surface area (Å²) < 4.78 is 1.59. The zero-order valence-corrected chi connectivity index (χ0v) is 7.92. The average Bonchev–Trinajstić information content (AvgIpc) is 2.52. The molecule has 0 radical (unpaired) electrons. The maximum absolute atomic E-state index is 11.5. The van der Waals surface area contributed by atoms with Crippen LogP contribution in [0.1, 0.15) is 31.0 Å². The molecule has 0 amide bonds. The molecule has 0 unspecified atom stereocenters. The minimum absolute atomic E-state index is 0.0579. The fraction of sp³-hybridized carbons (Fsp3) is 0.600. The highest BCUT2D eigenvalue weighted by Crippen LogP contribution is 2.16. The van der Waals surface area contributed by atoms with E-state index in [0.717, 1.165) is 43.5 Å². The molecule has 3 heteroatoms. The molecule has 0 atom stereocenters. The van der Waals surface area contributed by atoms with Crippen molar-refractivity contribution < 1.29 is 0 Å². The molecular weight excluding hydrogens is 164 g/mol. The maximum atomic E-state index is 11.5. The van der Waals surface area contributed by atoms with E-state index in [1.165, 1.54) is 0 Å². The highest BCUT2D eigenvalue weighted by atomic mass is 16.1. The maximum Gasteiger partial charge on any atom is 0.267 e. The molecule has 0 aromatic carbocycles. The lowest BCUT2D eigenvalue weighted by Crippen LogP contribution is -2.23. The van der Waals surface area contributed by atoms with Gasteiger partial charge in [-0.15, -0.1) is 0 Å². The summed E-state index contributed by atoms with van der Waals surface area (Å²) in [5.41, 5.74) is 2.35. The summed E-state index contributed by atoms with van der Waals surface area (Å²) in [5, 5.41) is 4.35. The predicted octanol–water partition coefficient (Wildman–Crippen LogP) is 1.14. The van der Waals surface area contributed by atoms with Crippen LogP contribution in [-0.4, -0.2) is 9.78 Å². The van der Waals surface area contributed by atoms with E-state index in [-0.39, 0.29) is 5.56 Å². The Balaban J connectivity index is 2.43. The average molecular weight is 178 g/mol. The van der Waals surface area contributed by atoms with Gasteiger partial charge in [-0.05, 0) is 31.2 Å². The molecule has 1 aliphatic rings. The fourth-order valence-electron chi connectivity index (χ4n) is 1.81. The minimum Gasteiger partial charge on any atom is -0.268 e. The highest BCUT2D eigenvalue weighted by Gasteiger charge is 2.13. The van der Waals surface area contributed by atoms with Gasteiger partial charge in [0.25, 0.3) is 5.56 Å². The van der Waals surface area contributed by atoms with E-state index in [2.05, 4.69) is 12.0 Å². The second-order valence-corrected chi connectivity index (χ2v) is 3.53. The normalized spacial score (nSPS) is 14.5. The Bertz CT molecular complexity index is 368. The third-order valence-electron chi connectivity index (χ3n) is 2.46. The van der Waals surface area contributed by atoms with Crippen LogP contribution >= 0.6 is 0 Å². The van der Waals surface area contributed by atoms with Crippen LogP contribution in [0.3, 0.4) is 0 Å². The second-order valence-electron chi connectivity index (χ2n) is 3.53. The highest BCUT2D eigenvalue weighted by molar-refractivity contribution is 5.22. The van der Waals surface area contributed by atoms with Crippen LogP contribution in [0.5, 0.6) is 0 Å². The van der Waals surface area contributed by atoms with Gasteiger partial charge in [0.2, 0.25) is 0 Å². The van der Waals surface area contributed by atoms with Gasteiger partial charge >= 0.3 is 0 Å². The Kier molecular flexibility index (Phi) is 2.17. The minimum atomic E-state index is 0.0579. The van der Waals surface area contributed by atoms with Gasteiger partial charge in [0.15, 0.2) is 0 Å². The number of fused-ring (bicyclic) bond motifs is 1. The number of aromatic nitrogens is 2. The van der Waals surface area contributed by atoms with Gasteiger partial charge in [0.1, 0.15) is 0 Å². The van der Waals surface area contributed by atoms with Crippen molar-refractivity contribution in [2.45, 2.75) is 39.2 Å². The van der Waals surface area contributed by atoms with Crippen molar-refractivity contribution in [3.63, 3.8) is 0 Å². The van der Waals surface area contributed by atoms with Gasteiger partial charge in [-0.25, -0.2) is 4.68 Å². The summed E-state index contributed by atoms with van der Waals surface area (Å²) in [6.07, 6.45) is 4.19. The van der Waals surface area contributed by atoms with Crippen molar-refractivity contribution in [1.82, 2.24) is 9.78 Å². The topological polar surface area (TPSA) is 34.9 Å². The molecule has 1 aromatic heterocycles. The van der Waals surface area contributed by atoms with Gasteiger partial charge in [0, 0.05) is 12.6 Å². The third kappa shape index (κ3) is 1.50. The summed E-state index contributed by atoms with van der Waals surface area (Å²) >= 11 is 0. The molecule has 3 nitrogen and oxygen atoms in total. The SMILES string of the molecule is CCCn1nc2c(cc1=O)CCC2. The van der Waals surface area contributed by atoms with Gasteiger partial charge in [-0.1, -0.05) is 6.92 Å². The first-order valence-corrected chi connectivity index (χ1v) is 4.91. The zero-order chi connectivity index (χ0) is 9.26. The van der Waals surface area contributed by atoms with Crippen LogP contribution in [0.2, 0.25) is 0 Å². The number of hydrogen-bond donors (Lipinski definition) is 0. The van der Waals surface area contributed by atoms with Gasteiger partial charge in [-0.2, -0.15) is 5.10 Å². The molecule has 0 N–H and O–H groups in total. The molecule has 0 saturated carbocycles.